The molecule has 0 aliphatic carbocycles. The molecule has 3 N–H and O–H groups in total. The first kappa shape index (κ1) is 19.5. The van der Waals surface area contributed by atoms with Crippen LogP contribution in [-0.2, 0) is 9.59 Å². The molecule has 0 unspecified atom stereocenters. The Labute approximate surface area is 153 Å². The van der Waals surface area contributed by atoms with E-state index in [-0.39, 0.29) is 34.5 Å². The minimum Gasteiger partial charge on any atom is -0.508 e. The molecule has 1 aliphatic heterocycles. The summed E-state index contributed by atoms with van der Waals surface area (Å²) in [5, 5.41) is 22.2. The van der Waals surface area contributed by atoms with Gasteiger partial charge in [-0.2, -0.15) is 0 Å². The van der Waals surface area contributed by atoms with E-state index in [0.29, 0.717) is 17.9 Å². The number of hydrogen-bond acceptors (Lipinski definition) is 4. The predicted molar refractivity (Wildman–Crippen MR) is 101 cm³/mol. The highest BCUT2D eigenvalue weighted by Crippen LogP contribution is 2.26. The second kappa shape index (κ2) is 8.52. The lowest BCUT2D eigenvalue weighted by Crippen LogP contribution is -2.24. The Morgan fingerprint density at radius 1 is 1.19 bits per heavy atom. The zero-order valence-corrected chi connectivity index (χ0v) is 15.3. The van der Waals surface area contributed by atoms with Gasteiger partial charge in [0, 0.05) is 5.92 Å². The number of phenols is 1. The number of nitrogens with one attached hydrogen (secondary N) is 1. The Kier molecular flexibility index (Phi) is 6.39. The van der Waals surface area contributed by atoms with Gasteiger partial charge in [0.2, 0.25) is 0 Å². The van der Waals surface area contributed by atoms with Gasteiger partial charge >= 0.3 is 0 Å². The topological polar surface area (TPSA) is 86.6 Å². The maximum atomic E-state index is 12.7. The molecular formula is C21H25NO4. The van der Waals surface area contributed by atoms with Gasteiger partial charge in [-0.25, -0.2) is 0 Å². The second-order valence-corrected chi connectivity index (χ2v) is 6.74. The monoisotopic (exact) mass is 355 g/mol. The lowest BCUT2D eigenvalue weighted by Gasteiger charge is -2.15. The Balaban J connectivity index is 2.18. The number of allylic oxidation sites excluding steroid dienone is 2. The zero-order valence-electron chi connectivity index (χ0n) is 15.3. The highest BCUT2D eigenvalue weighted by Gasteiger charge is 2.34. The molecular weight excluding hydrogens is 330 g/mol. The highest BCUT2D eigenvalue weighted by molar-refractivity contribution is 6.23. The van der Waals surface area contributed by atoms with Gasteiger partial charge in [-0.1, -0.05) is 38.1 Å². The summed E-state index contributed by atoms with van der Waals surface area (Å²) in [5.74, 6) is -1.16. The molecule has 5 nitrogen and oxygen atoms in total. The third-order valence-electron chi connectivity index (χ3n) is 4.40. The maximum absolute atomic E-state index is 12.7. The number of amides is 1. The lowest BCUT2D eigenvalue weighted by atomic mass is 9.88. The normalized spacial score (nSPS) is 18.4. The second-order valence-electron chi connectivity index (χ2n) is 6.74. The molecule has 1 heterocycles. The first-order valence-corrected chi connectivity index (χ1v) is 8.74. The third kappa shape index (κ3) is 4.63. The van der Waals surface area contributed by atoms with E-state index in [2.05, 4.69) is 18.3 Å². The molecule has 1 aromatic rings. The lowest BCUT2D eigenvalue weighted by molar-refractivity contribution is -0.123. The van der Waals surface area contributed by atoms with Gasteiger partial charge in [0.15, 0.2) is 11.5 Å². The van der Waals surface area contributed by atoms with E-state index in [0.717, 1.165) is 6.42 Å². The van der Waals surface area contributed by atoms with E-state index in [1.54, 1.807) is 25.1 Å². The number of carbonyl (C=O) groups excluding carboxylic acids is 2. The smallest absolute Gasteiger partial charge is 0.263 e. The fourth-order valence-electron chi connectivity index (χ4n) is 2.98. The molecule has 5 heteroatoms. The van der Waals surface area contributed by atoms with Crippen molar-refractivity contribution in [3.05, 3.63) is 59.0 Å². The Morgan fingerprint density at radius 2 is 1.85 bits per heavy atom. The Bertz CT molecular complexity index is 772. The number of phenolic OH excluding ortho intramolecular Hbond substituents is 1. The van der Waals surface area contributed by atoms with Crippen molar-refractivity contribution in [1.82, 2.24) is 5.32 Å². The fourth-order valence-corrected chi connectivity index (χ4v) is 2.98. The minimum absolute atomic E-state index is 0.124. The van der Waals surface area contributed by atoms with Crippen LogP contribution in [0.25, 0.3) is 6.08 Å². The molecule has 0 spiro atoms. The van der Waals surface area contributed by atoms with E-state index in [1.165, 1.54) is 12.1 Å². The van der Waals surface area contributed by atoms with Crippen LogP contribution in [-0.4, -0.2) is 21.9 Å². The number of aliphatic hydroxyl groups excluding tert-OH is 1. The predicted octanol–water partition coefficient (Wildman–Crippen LogP) is 3.87. The molecule has 0 fully saturated rings. The summed E-state index contributed by atoms with van der Waals surface area (Å²) < 4.78 is 0. The summed E-state index contributed by atoms with van der Waals surface area (Å²) in [6.07, 6.45) is 7.11. The summed E-state index contributed by atoms with van der Waals surface area (Å²) in [6.45, 7) is 5.79. The highest BCUT2D eigenvalue weighted by atomic mass is 16.3. The summed E-state index contributed by atoms with van der Waals surface area (Å²) in [7, 11) is 0. The van der Waals surface area contributed by atoms with Crippen LogP contribution in [0.2, 0.25) is 0 Å². The minimum atomic E-state index is -0.578. The van der Waals surface area contributed by atoms with Gasteiger partial charge < -0.3 is 15.5 Å². The van der Waals surface area contributed by atoms with E-state index in [1.807, 2.05) is 13.0 Å². The van der Waals surface area contributed by atoms with Crippen molar-refractivity contribution >= 4 is 17.8 Å². The fraction of sp³-hybridized carbons (Fsp3) is 0.333. The first-order valence-electron chi connectivity index (χ1n) is 8.74. The van der Waals surface area contributed by atoms with Crippen LogP contribution >= 0.6 is 0 Å². The molecule has 138 valence electrons. The van der Waals surface area contributed by atoms with Crippen molar-refractivity contribution in [1.29, 1.82) is 0 Å². The SMILES string of the molecule is C/C=C\C[C@@H](C)C[C@@H](C)C(=O)C1=C(O)/C(=C/c2ccc(O)cc2)NC1=O. The summed E-state index contributed by atoms with van der Waals surface area (Å²) in [6, 6.07) is 6.30. The van der Waals surface area contributed by atoms with Crippen LogP contribution in [0.15, 0.2) is 53.4 Å². The molecule has 26 heavy (non-hydrogen) atoms. The zero-order chi connectivity index (χ0) is 19.3. The van der Waals surface area contributed by atoms with Crippen molar-refractivity contribution in [2.75, 3.05) is 0 Å². The molecule has 1 aromatic carbocycles. The van der Waals surface area contributed by atoms with Gasteiger partial charge in [0.05, 0.1) is 5.70 Å². The molecule has 0 bridgehead atoms. The summed E-state index contributed by atoms with van der Waals surface area (Å²) in [4.78, 5) is 24.9. The number of carbonyl (C=O) groups is 2. The summed E-state index contributed by atoms with van der Waals surface area (Å²) in [5.41, 5.74) is 0.699. The third-order valence-corrected chi connectivity index (χ3v) is 4.40. The van der Waals surface area contributed by atoms with Crippen LogP contribution in [0.5, 0.6) is 5.75 Å². The van der Waals surface area contributed by atoms with Gasteiger partial charge in [-0.15, -0.1) is 0 Å². The van der Waals surface area contributed by atoms with Crippen LogP contribution < -0.4 is 5.32 Å². The number of hydrogen-bond donors (Lipinski definition) is 3. The van der Waals surface area contributed by atoms with E-state index >= 15 is 0 Å². The van der Waals surface area contributed by atoms with Crippen LogP contribution in [0.3, 0.4) is 0 Å². The number of aliphatic hydroxyl groups is 1. The van der Waals surface area contributed by atoms with Crippen molar-refractivity contribution in [3.8, 4) is 5.75 Å². The van der Waals surface area contributed by atoms with E-state index < -0.39 is 5.91 Å². The summed E-state index contributed by atoms with van der Waals surface area (Å²) >= 11 is 0. The molecule has 0 saturated carbocycles. The van der Waals surface area contributed by atoms with Crippen LogP contribution in [0.4, 0.5) is 0 Å². The average Bonchev–Trinajstić information content (AvgIpc) is 2.88. The van der Waals surface area contributed by atoms with Crippen molar-refractivity contribution in [2.45, 2.75) is 33.6 Å². The number of Topliss-reactive ketones (excluding diaryl/α,β-unsaturated/α-hetero) is 1. The van der Waals surface area contributed by atoms with Gasteiger partial charge in [-0.05, 0) is 49.5 Å². The molecule has 0 saturated heterocycles. The molecule has 1 aliphatic rings. The first-order chi connectivity index (χ1) is 12.3. The standard InChI is InChI=1S/C21H25NO4/c1-4-5-6-13(2)11-14(3)19(24)18-20(25)17(22-21(18)26)12-15-7-9-16(23)10-8-15/h4-5,7-10,12-14,23,25H,6,11H2,1-3H3,(H,22,26)/b5-4-,17-12-/t13-,14-/m1/s1. The van der Waals surface area contributed by atoms with E-state index in [4.69, 9.17) is 0 Å². The maximum Gasteiger partial charge on any atom is 0.263 e. The van der Waals surface area contributed by atoms with Crippen LogP contribution in [0, 0.1) is 11.8 Å². The molecule has 2 atom stereocenters. The van der Waals surface area contributed by atoms with Gasteiger partial charge in [0.1, 0.15) is 11.3 Å². The molecule has 0 aromatic heterocycles. The van der Waals surface area contributed by atoms with Gasteiger partial charge in [0.25, 0.3) is 5.91 Å². The Morgan fingerprint density at radius 3 is 2.46 bits per heavy atom. The molecule has 2 rings (SSSR count). The molecule has 0 radical (unpaired) electrons. The Hall–Kier alpha value is -2.82. The number of ketones is 1. The van der Waals surface area contributed by atoms with E-state index in [9.17, 15) is 19.8 Å². The van der Waals surface area contributed by atoms with Crippen molar-refractivity contribution in [2.24, 2.45) is 11.8 Å². The van der Waals surface area contributed by atoms with Crippen molar-refractivity contribution in [3.63, 3.8) is 0 Å². The van der Waals surface area contributed by atoms with Crippen LogP contribution in [0.1, 0.15) is 39.2 Å². The van der Waals surface area contributed by atoms with Crippen molar-refractivity contribution < 1.29 is 19.8 Å². The average molecular weight is 355 g/mol. The van der Waals surface area contributed by atoms with Gasteiger partial charge in [-0.3, -0.25) is 9.59 Å². The number of aromatic hydroxyl groups is 1. The number of benzene rings is 1. The molecule has 1 amide bonds. The quantitative estimate of drug-likeness (QED) is 0.512. The largest absolute Gasteiger partial charge is 0.508 e. The number of rotatable bonds is 7.